The first kappa shape index (κ1) is 16.9. The van der Waals surface area contributed by atoms with E-state index < -0.39 is 5.79 Å². The molecule has 0 spiro atoms. The Hall–Kier alpha value is -1.46. The van der Waals surface area contributed by atoms with E-state index in [0.29, 0.717) is 32.6 Å². The average molecular weight is 309 g/mol. The van der Waals surface area contributed by atoms with Gasteiger partial charge in [-0.05, 0) is 37.0 Å². The fraction of sp³-hybridized carbons (Fsp3) is 0.588. The van der Waals surface area contributed by atoms with E-state index in [2.05, 4.69) is 12.2 Å². The van der Waals surface area contributed by atoms with Gasteiger partial charge in [0.1, 0.15) is 5.82 Å². The molecule has 1 aromatic rings. The van der Waals surface area contributed by atoms with E-state index >= 15 is 0 Å². The van der Waals surface area contributed by atoms with E-state index in [0.717, 1.165) is 12.0 Å². The molecule has 1 fully saturated rings. The maximum absolute atomic E-state index is 13.1. The third-order valence-corrected chi connectivity index (χ3v) is 3.79. The van der Waals surface area contributed by atoms with Crippen LogP contribution < -0.4 is 5.32 Å². The van der Waals surface area contributed by atoms with Crippen LogP contribution in [-0.4, -0.2) is 31.5 Å². The summed E-state index contributed by atoms with van der Waals surface area (Å²) < 4.78 is 24.2. The molecule has 1 aliphatic rings. The van der Waals surface area contributed by atoms with Crippen LogP contribution in [0.2, 0.25) is 0 Å². The van der Waals surface area contributed by atoms with E-state index in [1.165, 1.54) is 12.1 Å². The predicted molar refractivity (Wildman–Crippen MR) is 81.8 cm³/mol. The summed E-state index contributed by atoms with van der Waals surface area (Å²) in [5, 5.41) is 2.91. The van der Waals surface area contributed by atoms with Crippen molar-refractivity contribution in [1.29, 1.82) is 0 Å². The molecule has 1 heterocycles. The number of amides is 1. The zero-order valence-corrected chi connectivity index (χ0v) is 13.2. The molecule has 5 heteroatoms. The fourth-order valence-electron chi connectivity index (χ4n) is 2.71. The highest BCUT2D eigenvalue weighted by atomic mass is 19.1. The van der Waals surface area contributed by atoms with E-state index in [4.69, 9.17) is 9.47 Å². The SMILES string of the molecule is C[C@@H](CNC(=O)CCc1cccc(F)c1)CC1(C)OCCO1. The Kier molecular flexibility index (Phi) is 5.91. The number of nitrogens with one attached hydrogen (secondary N) is 1. The molecule has 0 aliphatic carbocycles. The number of aryl methyl sites for hydroxylation is 1. The molecule has 4 nitrogen and oxygen atoms in total. The van der Waals surface area contributed by atoms with Gasteiger partial charge in [-0.1, -0.05) is 19.1 Å². The van der Waals surface area contributed by atoms with Crippen LogP contribution in [0, 0.1) is 11.7 Å². The van der Waals surface area contributed by atoms with E-state index in [-0.39, 0.29) is 17.6 Å². The lowest BCUT2D eigenvalue weighted by Gasteiger charge is -2.26. The highest BCUT2D eigenvalue weighted by molar-refractivity contribution is 5.76. The summed E-state index contributed by atoms with van der Waals surface area (Å²) in [6, 6.07) is 6.35. The summed E-state index contributed by atoms with van der Waals surface area (Å²) in [7, 11) is 0. The van der Waals surface area contributed by atoms with Crippen molar-refractivity contribution >= 4 is 5.91 Å². The molecular weight excluding hydrogens is 285 g/mol. The molecule has 122 valence electrons. The van der Waals surface area contributed by atoms with Crippen LogP contribution >= 0.6 is 0 Å². The second kappa shape index (κ2) is 7.70. The van der Waals surface area contributed by atoms with Crippen LogP contribution in [0.1, 0.15) is 32.3 Å². The van der Waals surface area contributed by atoms with Crippen molar-refractivity contribution in [2.24, 2.45) is 5.92 Å². The predicted octanol–water partition coefficient (Wildman–Crippen LogP) is 2.66. The Labute approximate surface area is 131 Å². The van der Waals surface area contributed by atoms with Gasteiger partial charge in [0.05, 0.1) is 13.2 Å². The molecule has 1 amide bonds. The third kappa shape index (κ3) is 5.39. The fourth-order valence-corrected chi connectivity index (χ4v) is 2.71. The van der Waals surface area contributed by atoms with Gasteiger partial charge in [-0.25, -0.2) is 4.39 Å². The topological polar surface area (TPSA) is 47.6 Å². The summed E-state index contributed by atoms with van der Waals surface area (Å²) >= 11 is 0. The Morgan fingerprint density at radius 2 is 2.14 bits per heavy atom. The summed E-state index contributed by atoms with van der Waals surface area (Å²) in [4.78, 5) is 11.9. The normalized spacial score (nSPS) is 18.1. The van der Waals surface area contributed by atoms with Crippen LogP contribution in [0.5, 0.6) is 0 Å². The van der Waals surface area contributed by atoms with Crippen molar-refractivity contribution in [2.75, 3.05) is 19.8 Å². The highest BCUT2D eigenvalue weighted by Gasteiger charge is 2.32. The monoisotopic (exact) mass is 309 g/mol. The number of carbonyl (C=O) groups excluding carboxylic acids is 1. The van der Waals surface area contributed by atoms with Gasteiger partial charge in [-0.15, -0.1) is 0 Å². The molecule has 1 atom stereocenters. The lowest BCUT2D eigenvalue weighted by molar-refractivity contribution is -0.154. The largest absolute Gasteiger partial charge is 0.356 e. The Morgan fingerprint density at radius 1 is 1.41 bits per heavy atom. The molecule has 2 rings (SSSR count). The highest BCUT2D eigenvalue weighted by Crippen LogP contribution is 2.26. The van der Waals surface area contributed by atoms with Crippen LogP contribution in [0.25, 0.3) is 0 Å². The zero-order valence-electron chi connectivity index (χ0n) is 13.2. The molecule has 0 bridgehead atoms. The zero-order chi connectivity index (χ0) is 16.0. The van der Waals surface area contributed by atoms with Crippen molar-refractivity contribution in [2.45, 2.75) is 38.9 Å². The first-order valence-corrected chi connectivity index (χ1v) is 7.76. The van der Waals surface area contributed by atoms with Gasteiger partial charge < -0.3 is 14.8 Å². The average Bonchev–Trinajstić information content (AvgIpc) is 2.89. The maximum Gasteiger partial charge on any atom is 0.220 e. The number of hydrogen-bond acceptors (Lipinski definition) is 3. The molecule has 1 saturated heterocycles. The number of hydrogen-bond donors (Lipinski definition) is 1. The Bertz CT molecular complexity index is 500. The molecule has 1 aliphatic heterocycles. The van der Waals surface area contributed by atoms with E-state index in [9.17, 15) is 9.18 Å². The molecule has 0 unspecified atom stereocenters. The number of ether oxygens (including phenoxy) is 2. The van der Waals surface area contributed by atoms with Gasteiger partial charge in [0.15, 0.2) is 5.79 Å². The van der Waals surface area contributed by atoms with E-state index in [1.54, 1.807) is 6.07 Å². The van der Waals surface area contributed by atoms with Crippen molar-refractivity contribution in [1.82, 2.24) is 5.32 Å². The van der Waals surface area contributed by atoms with Crippen molar-refractivity contribution in [3.8, 4) is 0 Å². The molecule has 22 heavy (non-hydrogen) atoms. The molecule has 0 saturated carbocycles. The quantitative estimate of drug-likeness (QED) is 0.842. The first-order chi connectivity index (χ1) is 10.5. The van der Waals surface area contributed by atoms with Crippen LogP contribution in [0.15, 0.2) is 24.3 Å². The summed E-state index contributed by atoms with van der Waals surface area (Å²) in [6.07, 6.45) is 1.65. The van der Waals surface area contributed by atoms with Crippen molar-refractivity contribution in [3.63, 3.8) is 0 Å². The van der Waals surface area contributed by atoms with Gasteiger partial charge in [-0.2, -0.15) is 0 Å². The Balaban J connectivity index is 1.66. The third-order valence-electron chi connectivity index (χ3n) is 3.79. The lowest BCUT2D eigenvalue weighted by atomic mass is 10.0. The van der Waals surface area contributed by atoms with Crippen LogP contribution in [0.3, 0.4) is 0 Å². The van der Waals surface area contributed by atoms with Gasteiger partial charge in [-0.3, -0.25) is 4.79 Å². The van der Waals surface area contributed by atoms with Gasteiger partial charge in [0.2, 0.25) is 5.91 Å². The molecule has 1 N–H and O–H groups in total. The standard InChI is InChI=1S/C17H24FNO3/c1-13(11-17(2)21-8-9-22-17)12-19-16(20)7-6-14-4-3-5-15(18)10-14/h3-5,10,13H,6-9,11-12H2,1-2H3,(H,19,20)/t13-/m1/s1. The molecule has 0 radical (unpaired) electrons. The summed E-state index contributed by atoms with van der Waals surface area (Å²) in [5.41, 5.74) is 0.837. The van der Waals surface area contributed by atoms with Gasteiger partial charge >= 0.3 is 0 Å². The summed E-state index contributed by atoms with van der Waals surface area (Å²) in [6.45, 7) is 5.84. The molecular formula is C17H24FNO3. The molecule has 1 aromatic carbocycles. The number of benzene rings is 1. The van der Waals surface area contributed by atoms with E-state index in [1.807, 2.05) is 13.0 Å². The van der Waals surface area contributed by atoms with Crippen LogP contribution in [-0.2, 0) is 20.7 Å². The minimum atomic E-state index is -0.522. The van der Waals surface area contributed by atoms with Crippen LogP contribution in [0.4, 0.5) is 4.39 Å². The number of halogens is 1. The number of rotatable bonds is 7. The minimum absolute atomic E-state index is 0.0190. The number of carbonyl (C=O) groups is 1. The Morgan fingerprint density at radius 3 is 2.82 bits per heavy atom. The first-order valence-electron chi connectivity index (χ1n) is 7.76. The lowest BCUT2D eigenvalue weighted by Crippen LogP contribution is -2.34. The second-order valence-electron chi connectivity index (χ2n) is 6.07. The second-order valence-corrected chi connectivity index (χ2v) is 6.07. The van der Waals surface area contributed by atoms with Gasteiger partial charge in [0, 0.05) is 19.4 Å². The smallest absolute Gasteiger partial charge is 0.220 e. The maximum atomic E-state index is 13.1. The molecule has 0 aromatic heterocycles. The summed E-state index contributed by atoms with van der Waals surface area (Å²) in [5.74, 6) is -0.543. The van der Waals surface area contributed by atoms with Crippen molar-refractivity contribution in [3.05, 3.63) is 35.6 Å². The van der Waals surface area contributed by atoms with Gasteiger partial charge in [0.25, 0.3) is 0 Å². The minimum Gasteiger partial charge on any atom is -0.356 e. The van der Waals surface area contributed by atoms with Crippen molar-refractivity contribution < 1.29 is 18.7 Å².